The molecule has 0 aliphatic rings. The Hall–Kier alpha value is -0.740. The summed E-state index contributed by atoms with van der Waals surface area (Å²) >= 11 is 0. The Kier molecular flexibility index (Phi) is 8.03. The summed E-state index contributed by atoms with van der Waals surface area (Å²) in [6, 6.07) is 0. The Morgan fingerprint density at radius 2 is 1.94 bits per heavy atom. The molecule has 0 saturated heterocycles. The predicted octanol–water partition coefficient (Wildman–Crippen LogP) is 1.08. The van der Waals surface area contributed by atoms with Gasteiger partial charge in [-0.2, -0.15) is 0 Å². The molecule has 0 fully saturated rings. The summed E-state index contributed by atoms with van der Waals surface area (Å²) in [5.41, 5.74) is 0. The van der Waals surface area contributed by atoms with Gasteiger partial charge in [0.15, 0.2) is 0 Å². The highest BCUT2D eigenvalue weighted by atomic mass is 16.3. The van der Waals surface area contributed by atoms with Crippen LogP contribution in [-0.2, 0) is 9.59 Å². The van der Waals surface area contributed by atoms with Crippen LogP contribution in [0, 0.1) is 5.92 Å². The Balaban J connectivity index is 4.12. The second-order valence-corrected chi connectivity index (χ2v) is 4.23. The summed E-state index contributed by atoms with van der Waals surface area (Å²) in [5.74, 6) is -0.490. The first-order chi connectivity index (χ1) is 7.51. The van der Waals surface area contributed by atoms with Gasteiger partial charge in [-0.3, -0.25) is 9.59 Å². The van der Waals surface area contributed by atoms with E-state index in [0.29, 0.717) is 6.42 Å². The molecule has 0 aromatic heterocycles. The minimum absolute atomic E-state index is 0.0622. The standard InChI is InChI=1S/C12H22O4/c1-3-4-5-11(15)6-10(9(2)14)7-12(16)8-13/h10,12-13,16H,3-8H2,1-2H3. The smallest absolute Gasteiger partial charge is 0.133 e. The van der Waals surface area contributed by atoms with Gasteiger partial charge in [0.1, 0.15) is 11.6 Å². The third kappa shape index (κ3) is 6.69. The number of unbranched alkanes of at least 4 members (excludes halogenated alkanes) is 1. The third-order valence-corrected chi connectivity index (χ3v) is 2.63. The zero-order valence-electron chi connectivity index (χ0n) is 10.1. The monoisotopic (exact) mass is 230 g/mol. The van der Waals surface area contributed by atoms with Crippen LogP contribution in [0.2, 0.25) is 0 Å². The normalized spacial score (nSPS) is 14.5. The molecule has 0 amide bonds. The average Bonchev–Trinajstić information content (AvgIpc) is 2.24. The molecule has 0 aromatic rings. The highest BCUT2D eigenvalue weighted by Crippen LogP contribution is 2.15. The van der Waals surface area contributed by atoms with Gasteiger partial charge in [0.05, 0.1) is 12.7 Å². The van der Waals surface area contributed by atoms with Crippen molar-refractivity contribution in [3.05, 3.63) is 0 Å². The average molecular weight is 230 g/mol. The molecule has 0 bridgehead atoms. The summed E-state index contributed by atoms with van der Waals surface area (Å²) in [6.45, 7) is 3.06. The molecule has 94 valence electrons. The summed E-state index contributed by atoms with van der Waals surface area (Å²) in [7, 11) is 0. The Bertz CT molecular complexity index is 225. The van der Waals surface area contributed by atoms with Gasteiger partial charge in [0, 0.05) is 18.8 Å². The summed E-state index contributed by atoms with van der Waals surface area (Å²) in [6.07, 6.45) is 1.74. The van der Waals surface area contributed by atoms with Crippen LogP contribution in [0.15, 0.2) is 0 Å². The highest BCUT2D eigenvalue weighted by Gasteiger charge is 2.21. The lowest BCUT2D eigenvalue weighted by Crippen LogP contribution is -2.24. The third-order valence-electron chi connectivity index (χ3n) is 2.63. The zero-order valence-corrected chi connectivity index (χ0v) is 10.1. The first-order valence-electron chi connectivity index (χ1n) is 5.82. The lowest BCUT2D eigenvalue weighted by molar-refractivity contribution is -0.127. The number of aliphatic hydroxyl groups is 2. The molecule has 0 heterocycles. The summed E-state index contributed by atoms with van der Waals surface area (Å²) in [5, 5.41) is 17.9. The molecule has 0 aliphatic heterocycles. The lowest BCUT2D eigenvalue weighted by atomic mass is 9.91. The van der Waals surface area contributed by atoms with Gasteiger partial charge in [-0.15, -0.1) is 0 Å². The topological polar surface area (TPSA) is 74.6 Å². The van der Waals surface area contributed by atoms with Gasteiger partial charge < -0.3 is 10.2 Å². The van der Waals surface area contributed by atoms with Crippen LogP contribution in [0.5, 0.6) is 0 Å². The van der Waals surface area contributed by atoms with Crippen LogP contribution in [0.3, 0.4) is 0 Å². The molecule has 4 heteroatoms. The fraction of sp³-hybridized carbons (Fsp3) is 0.833. The Labute approximate surface area is 96.7 Å². The van der Waals surface area contributed by atoms with E-state index in [9.17, 15) is 14.7 Å². The van der Waals surface area contributed by atoms with Gasteiger partial charge in [-0.25, -0.2) is 0 Å². The number of ketones is 2. The molecule has 0 spiro atoms. The second kappa shape index (κ2) is 8.42. The van der Waals surface area contributed by atoms with E-state index in [2.05, 4.69) is 0 Å². The number of rotatable bonds is 9. The van der Waals surface area contributed by atoms with E-state index in [-0.39, 0.29) is 31.0 Å². The quantitative estimate of drug-likeness (QED) is 0.621. The fourth-order valence-electron chi connectivity index (χ4n) is 1.55. The second-order valence-electron chi connectivity index (χ2n) is 4.23. The molecule has 16 heavy (non-hydrogen) atoms. The molecule has 0 aromatic carbocycles. The van der Waals surface area contributed by atoms with E-state index in [1.165, 1.54) is 6.92 Å². The number of hydrogen-bond acceptors (Lipinski definition) is 4. The van der Waals surface area contributed by atoms with E-state index in [1.807, 2.05) is 6.92 Å². The molecule has 2 unspecified atom stereocenters. The van der Waals surface area contributed by atoms with E-state index >= 15 is 0 Å². The fourth-order valence-corrected chi connectivity index (χ4v) is 1.55. The van der Waals surface area contributed by atoms with Crippen molar-refractivity contribution in [2.24, 2.45) is 5.92 Å². The molecule has 0 saturated carbocycles. The van der Waals surface area contributed by atoms with Crippen molar-refractivity contribution in [3.63, 3.8) is 0 Å². The van der Waals surface area contributed by atoms with Crippen molar-refractivity contribution in [1.29, 1.82) is 0 Å². The molecule has 0 rings (SSSR count). The molecule has 2 N–H and O–H groups in total. The Morgan fingerprint density at radius 1 is 1.31 bits per heavy atom. The maximum Gasteiger partial charge on any atom is 0.133 e. The first kappa shape index (κ1) is 15.3. The minimum Gasteiger partial charge on any atom is -0.394 e. The van der Waals surface area contributed by atoms with Gasteiger partial charge in [-0.05, 0) is 19.8 Å². The first-order valence-corrected chi connectivity index (χ1v) is 5.82. The van der Waals surface area contributed by atoms with Crippen molar-refractivity contribution in [3.8, 4) is 0 Å². The van der Waals surface area contributed by atoms with Crippen LogP contribution < -0.4 is 0 Å². The highest BCUT2D eigenvalue weighted by molar-refractivity contribution is 5.86. The van der Waals surface area contributed by atoms with Crippen molar-refractivity contribution >= 4 is 11.6 Å². The van der Waals surface area contributed by atoms with Crippen LogP contribution in [0.1, 0.15) is 46.0 Å². The molecule has 2 atom stereocenters. The van der Waals surface area contributed by atoms with E-state index in [1.54, 1.807) is 0 Å². The number of Topliss-reactive ketones (excluding diaryl/α,β-unsaturated/α-hetero) is 2. The summed E-state index contributed by atoms with van der Waals surface area (Å²) in [4.78, 5) is 22.7. The number of hydrogen-bond donors (Lipinski definition) is 2. The van der Waals surface area contributed by atoms with E-state index < -0.39 is 12.0 Å². The van der Waals surface area contributed by atoms with Crippen LogP contribution >= 0.6 is 0 Å². The molecular weight excluding hydrogens is 208 g/mol. The molecule has 4 nitrogen and oxygen atoms in total. The lowest BCUT2D eigenvalue weighted by Gasteiger charge is -2.15. The van der Waals surface area contributed by atoms with Crippen molar-refractivity contribution in [2.45, 2.75) is 52.1 Å². The Morgan fingerprint density at radius 3 is 2.38 bits per heavy atom. The van der Waals surface area contributed by atoms with Crippen molar-refractivity contribution in [2.75, 3.05) is 6.61 Å². The maximum atomic E-state index is 11.5. The molecule has 0 aliphatic carbocycles. The van der Waals surface area contributed by atoms with Gasteiger partial charge in [0.2, 0.25) is 0 Å². The maximum absolute atomic E-state index is 11.5. The van der Waals surface area contributed by atoms with Crippen molar-refractivity contribution in [1.82, 2.24) is 0 Å². The van der Waals surface area contributed by atoms with Gasteiger partial charge in [0.25, 0.3) is 0 Å². The van der Waals surface area contributed by atoms with Crippen LogP contribution in [-0.4, -0.2) is 34.5 Å². The van der Waals surface area contributed by atoms with Crippen LogP contribution in [0.25, 0.3) is 0 Å². The zero-order chi connectivity index (χ0) is 12.6. The van der Waals surface area contributed by atoms with Gasteiger partial charge >= 0.3 is 0 Å². The molecular formula is C12H22O4. The predicted molar refractivity (Wildman–Crippen MR) is 61.0 cm³/mol. The van der Waals surface area contributed by atoms with E-state index in [4.69, 9.17) is 5.11 Å². The molecule has 0 radical (unpaired) electrons. The number of aliphatic hydroxyl groups excluding tert-OH is 2. The van der Waals surface area contributed by atoms with E-state index in [0.717, 1.165) is 12.8 Å². The number of carbonyl (C=O) groups is 2. The van der Waals surface area contributed by atoms with Crippen molar-refractivity contribution < 1.29 is 19.8 Å². The SMILES string of the molecule is CCCCC(=O)CC(CC(O)CO)C(C)=O. The largest absolute Gasteiger partial charge is 0.394 e. The van der Waals surface area contributed by atoms with Gasteiger partial charge in [-0.1, -0.05) is 13.3 Å². The van der Waals surface area contributed by atoms with Crippen LogP contribution in [0.4, 0.5) is 0 Å². The number of carbonyl (C=O) groups excluding carboxylic acids is 2. The minimum atomic E-state index is -0.909. The summed E-state index contributed by atoms with van der Waals surface area (Å²) < 4.78 is 0.